The van der Waals surface area contributed by atoms with E-state index in [1.165, 1.54) is 5.56 Å². The highest BCUT2D eigenvalue weighted by atomic mass is 32.1. The second-order valence-corrected chi connectivity index (χ2v) is 6.88. The maximum absolute atomic E-state index is 5.49. The summed E-state index contributed by atoms with van der Waals surface area (Å²) in [7, 11) is 0. The van der Waals surface area contributed by atoms with Crippen LogP contribution in [0.25, 0.3) is 22.5 Å². The lowest BCUT2D eigenvalue weighted by Crippen LogP contribution is -2.10. The van der Waals surface area contributed by atoms with Gasteiger partial charge in [0.05, 0.1) is 12.8 Å². The Kier molecular flexibility index (Phi) is 6.01. The van der Waals surface area contributed by atoms with E-state index >= 15 is 0 Å². The molecule has 1 heterocycles. The summed E-state index contributed by atoms with van der Waals surface area (Å²) in [6.07, 6.45) is 1.74. The minimum absolute atomic E-state index is 0.426. The molecule has 4 aromatic rings. The van der Waals surface area contributed by atoms with E-state index in [2.05, 4.69) is 45.1 Å². The Morgan fingerprint density at radius 3 is 2.33 bits per heavy atom. The van der Waals surface area contributed by atoms with Gasteiger partial charge in [-0.15, -0.1) is 0 Å². The molecule has 7 heteroatoms. The molecule has 0 fully saturated rings. The molecule has 0 aliphatic carbocycles. The lowest BCUT2D eigenvalue weighted by atomic mass is 10.0. The smallest absolute Gasteiger partial charge is 0.216 e. The van der Waals surface area contributed by atoms with E-state index in [0.717, 1.165) is 22.4 Å². The molecule has 4 rings (SSSR count). The summed E-state index contributed by atoms with van der Waals surface area (Å²) >= 11 is 5.33. The second kappa shape index (κ2) is 9.19. The van der Waals surface area contributed by atoms with Gasteiger partial charge in [-0.05, 0) is 60.1 Å². The molecule has 1 aromatic heterocycles. The predicted octanol–water partition coefficient (Wildman–Crippen LogP) is 5.25. The van der Waals surface area contributed by atoms with Gasteiger partial charge in [-0.1, -0.05) is 54.6 Å². The topological polar surface area (TPSA) is 67.2 Å². The van der Waals surface area contributed by atoms with Gasteiger partial charge in [0.25, 0.3) is 0 Å². The molecule has 0 amide bonds. The number of rotatable bonds is 7. The summed E-state index contributed by atoms with van der Waals surface area (Å²) in [6, 6.07) is 26.1. The van der Waals surface area contributed by atoms with E-state index in [1.807, 2.05) is 61.5 Å². The zero-order valence-corrected chi connectivity index (χ0v) is 17.3. The van der Waals surface area contributed by atoms with Crippen LogP contribution < -0.4 is 10.3 Å². The lowest BCUT2D eigenvalue weighted by molar-refractivity contribution is 0.340. The number of nitrogens with one attached hydrogen (secondary N) is 2. The van der Waals surface area contributed by atoms with Crippen LogP contribution in [-0.2, 0) is 0 Å². The second-order valence-electron chi connectivity index (χ2n) is 6.49. The molecule has 30 heavy (non-hydrogen) atoms. The highest BCUT2D eigenvalue weighted by molar-refractivity contribution is 7.71. The highest BCUT2D eigenvalue weighted by Crippen LogP contribution is 2.21. The summed E-state index contributed by atoms with van der Waals surface area (Å²) in [5, 5.41) is 11.4. The number of hydrogen-bond acceptors (Lipinski definition) is 5. The van der Waals surface area contributed by atoms with Crippen LogP contribution in [0.4, 0.5) is 0 Å². The Bertz CT molecular complexity index is 1180. The normalized spacial score (nSPS) is 11.0. The third kappa shape index (κ3) is 4.47. The van der Waals surface area contributed by atoms with Crippen molar-refractivity contribution < 1.29 is 4.74 Å². The number of H-pyrrole nitrogens is 1. The SMILES string of the molecule is CCOc1ccc(-c2n[nH]c(=S)n2NN=Cc2ccc(-c3ccccc3)cc2)cc1. The van der Waals surface area contributed by atoms with E-state index in [1.54, 1.807) is 10.9 Å². The predicted molar refractivity (Wildman–Crippen MR) is 123 cm³/mol. The van der Waals surface area contributed by atoms with Crippen molar-refractivity contribution in [2.45, 2.75) is 6.92 Å². The zero-order valence-electron chi connectivity index (χ0n) is 16.4. The summed E-state index contributed by atoms with van der Waals surface area (Å²) in [4.78, 5) is 0. The molecule has 0 radical (unpaired) electrons. The van der Waals surface area contributed by atoms with Gasteiger partial charge in [0.2, 0.25) is 4.77 Å². The Morgan fingerprint density at radius 1 is 0.967 bits per heavy atom. The van der Waals surface area contributed by atoms with Gasteiger partial charge in [-0.25, -0.2) is 10.6 Å². The largest absolute Gasteiger partial charge is 0.494 e. The lowest BCUT2D eigenvalue weighted by Gasteiger charge is -2.07. The van der Waals surface area contributed by atoms with Gasteiger partial charge in [-0.2, -0.15) is 14.9 Å². The van der Waals surface area contributed by atoms with Crippen LogP contribution in [0.2, 0.25) is 0 Å². The van der Waals surface area contributed by atoms with E-state index in [9.17, 15) is 0 Å². The number of benzene rings is 3. The molecule has 6 nitrogen and oxygen atoms in total. The molecule has 0 spiro atoms. The van der Waals surface area contributed by atoms with Gasteiger partial charge < -0.3 is 4.74 Å². The molecule has 0 saturated heterocycles. The van der Waals surface area contributed by atoms with Gasteiger partial charge in [0.1, 0.15) is 5.75 Å². The third-order valence-electron chi connectivity index (χ3n) is 4.49. The van der Waals surface area contributed by atoms with Crippen molar-refractivity contribution in [3.05, 3.63) is 89.2 Å². The van der Waals surface area contributed by atoms with Crippen LogP contribution in [0.5, 0.6) is 5.75 Å². The standard InChI is InChI=1S/C23H21N5OS/c1-2-29-21-14-12-20(13-15-21)22-25-26-23(30)28(22)27-24-16-17-8-10-19(11-9-17)18-6-4-3-5-7-18/h3-16,27H,2H2,1H3,(H,26,30). The first-order valence-corrected chi connectivity index (χ1v) is 10.0. The number of hydrazone groups is 1. The molecular formula is C23H21N5OS. The van der Waals surface area contributed by atoms with E-state index in [-0.39, 0.29) is 0 Å². The van der Waals surface area contributed by atoms with Crippen LogP contribution in [-0.4, -0.2) is 27.7 Å². The van der Waals surface area contributed by atoms with Gasteiger partial charge in [0, 0.05) is 5.56 Å². The minimum Gasteiger partial charge on any atom is -0.494 e. The summed E-state index contributed by atoms with van der Waals surface area (Å²) < 4.78 is 7.54. The van der Waals surface area contributed by atoms with Crippen molar-refractivity contribution in [3.8, 4) is 28.3 Å². The quantitative estimate of drug-likeness (QED) is 0.246. The summed E-state index contributed by atoms with van der Waals surface area (Å²) in [5.41, 5.74) is 7.16. The van der Waals surface area contributed by atoms with Crippen molar-refractivity contribution in [1.29, 1.82) is 0 Å². The first-order chi connectivity index (χ1) is 14.7. The van der Waals surface area contributed by atoms with Crippen molar-refractivity contribution >= 4 is 18.4 Å². The van der Waals surface area contributed by atoms with Gasteiger partial charge >= 0.3 is 0 Å². The summed E-state index contributed by atoms with van der Waals surface area (Å²) in [6.45, 7) is 2.58. The summed E-state index contributed by atoms with van der Waals surface area (Å²) in [5.74, 6) is 1.45. The molecular weight excluding hydrogens is 394 g/mol. The Labute approximate surface area is 179 Å². The number of aromatic amines is 1. The van der Waals surface area contributed by atoms with Crippen LogP contribution >= 0.6 is 12.2 Å². The van der Waals surface area contributed by atoms with E-state index in [0.29, 0.717) is 17.2 Å². The van der Waals surface area contributed by atoms with Crippen LogP contribution in [0.1, 0.15) is 12.5 Å². The molecule has 3 aromatic carbocycles. The fraction of sp³-hybridized carbons (Fsp3) is 0.0870. The molecule has 0 bridgehead atoms. The van der Waals surface area contributed by atoms with E-state index < -0.39 is 0 Å². The Morgan fingerprint density at radius 2 is 1.63 bits per heavy atom. The van der Waals surface area contributed by atoms with E-state index in [4.69, 9.17) is 17.0 Å². The van der Waals surface area contributed by atoms with Crippen molar-refractivity contribution in [2.75, 3.05) is 12.1 Å². The first kappa shape index (κ1) is 19.6. The molecule has 2 N–H and O–H groups in total. The maximum atomic E-state index is 5.49. The average Bonchev–Trinajstić information content (AvgIpc) is 3.16. The van der Waals surface area contributed by atoms with Crippen molar-refractivity contribution in [1.82, 2.24) is 14.9 Å². The zero-order chi connectivity index (χ0) is 20.8. The monoisotopic (exact) mass is 415 g/mol. The molecule has 0 atom stereocenters. The molecule has 0 saturated carbocycles. The molecule has 0 aliphatic heterocycles. The minimum atomic E-state index is 0.426. The Hall–Kier alpha value is -3.71. The fourth-order valence-electron chi connectivity index (χ4n) is 3.00. The number of ether oxygens (including phenoxy) is 1. The van der Waals surface area contributed by atoms with Crippen LogP contribution in [0.15, 0.2) is 84.0 Å². The number of nitrogens with zero attached hydrogens (tertiary/aromatic N) is 3. The average molecular weight is 416 g/mol. The van der Waals surface area contributed by atoms with Gasteiger partial charge in [0.15, 0.2) is 5.82 Å². The molecule has 0 unspecified atom stereocenters. The van der Waals surface area contributed by atoms with Crippen LogP contribution in [0, 0.1) is 4.77 Å². The Balaban J connectivity index is 1.48. The van der Waals surface area contributed by atoms with Crippen LogP contribution in [0.3, 0.4) is 0 Å². The third-order valence-corrected chi connectivity index (χ3v) is 4.76. The fourth-order valence-corrected chi connectivity index (χ4v) is 3.18. The number of hydrogen-bond donors (Lipinski definition) is 2. The van der Waals surface area contributed by atoms with Gasteiger partial charge in [-0.3, -0.25) is 0 Å². The maximum Gasteiger partial charge on any atom is 0.216 e. The molecule has 0 aliphatic rings. The van der Waals surface area contributed by atoms with Crippen molar-refractivity contribution in [3.63, 3.8) is 0 Å². The van der Waals surface area contributed by atoms with Crippen molar-refractivity contribution in [2.24, 2.45) is 5.10 Å². The number of aromatic nitrogens is 3. The first-order valence-electron chi connectivity index (χ1n) is 9.60. The highest BCUT2D eigenvalue weighted by Gasteiger charge is 2.08. The molecule has 150 valence electrons.